The van der Waals surface area contributed by atoms with Crippen molar-refractivity contribution in [2.45, 2.75) is 38.9 Å². The number of hydrogen-bond donors (Lipinski definition) is 1. The van der Waals surface area contributed by atoms with E-state index in [1.54, 1.807) is 36.4 Å². The molecule has 0 bridgehead atoms. The van der Waals surface area contributed by atoms with Gasteiger partial charge in [0, 0.05) is 39.3 Å². The molecule has 10 heteroatoms. The van der Waals surface area contributed by atoms with Gasteiger partial charge in [-0.15, -0.1) is 0 Å². The molecule has 0 aliphatic rings. The summed E-state index contributed by atoms with van der Waals surface area (Å²) in [5.74, 6) is -1.33. The summed E-state index contributed by atoms with van der Waals surface area (Å²) < 4.78 is 45.6. The average Bonchev–Trinajstić information content (AvgIpc) is 2.96. The molecule has 1 N–H and O–H groups in total. The predicted octanol–water partition coefficient (Wildman–Crippen LogP) is 3.77. The Morgan fingerprint density at radius 1 is 0.878 bits per heavy atom. The van der Waals surface area contributed by atoms with Crippen LogP contribution in [0.25, 0.3) is 0 Å². The summed E-state index contributed by atoms with van der Waals surface area (Å²) in [6.45, 7) is 2.84. The van der Waals surface area contributed by atoms with Gasteiger partial charge < -0.3 is 15.0 Å². The predicted molar refractivity (Wildman–Crippen MR) is 157 cm³/mol. The second-order valence-electron chi connectivity index (χ2n) is 9.71. The second kappa shape index (κ2) is 16.0. The molecule has 3 aromatic rings. The first-order valence-electron chi connectivity index (χ1n) is 13.6. The van der Waals surface area contributed by atoms with Crippen LogP contribution in [0.2, 0.25) is 0 Å². The minimum Gasteiger partial charge on any atom is -0.382 e. The van der Waals surface area contributed by atoms with Crippen LogP contribution in [0, 0.1) is 5.82 Å². The highest BCUT2D eigenvalue weighted by Gasteiger charge is 2.32. The number of benzene rings is 3. The third-order valence-electron chi connectivity index (χ3n) is 6.49. The number of rotatable bonds is 16. The molecule has 0 fully saturated rings. The number of ether oxygens (including phenoxy) is 1. The van der Waals surface area contributed by atoms with Crippen LogP contribution in [0.1, 0.15) is 30.0 Å². The molecule has 0 heterocycles. The third-order valence-corrected chi connectivity index (χ3v) is 7.68. The number of halogens is 1. The van der Waals surface area contributed by atoms with Gasteiger partial charge in [0.05, 0.1) is 12.8 Å². The van der Waals surface area contributed by atoms with Crippen molar-refractivity contribution in [3.63, 3.8) is 0 Å². The fourth-order valence-electron chi connectivity index (χ4n) is 4.31. The summed E-state index contributed by atoms with van der Waals surface area (Å²) in [4.78, 5) is 29.0. The second-order valence-corrected chi connectivity index (χ2v) is 11.7. The van der Waals surface area contributed by atoms with E-state index in [1.807, 2.05) is 43.3 Å². The molecule has 0 saturated carbocycles. The lowest BCUT2D eigenvalue weighted by atomic mass is 10.0. The van der Waals surface area contributed by atoms with Crippen LogP contribution >= 0.6 is 0 Å². The van der Waals surface area contributed by atoms with Gasteiger partial charge >= 0.3 is 0 Å². The number of nitrogens with zero attached hydrogens (tertiary/aromatic N) is 2. The van der Waals surface area contributed by atoms with Gasteiger partial charge in [-0.2, -0.15) is 4.31 Å². The molecule has 0 aliphatic heterocycles. The maximum atomic E-state index is 14.0. The Labute approximate surface area is 242 Å². The first-order chi connectivity index (χ1) is 19.7. The molecular formula is C31H38FN3O5S. The van der Waals surface area contributed by atoms with Crippen molar-refractivity contribution in [2.75, 3.05) is 32.6 Å². The van der Waals surface area contributed by atoms with Crippen LogP contribution in [0.15, 0.2) is 84.9 Å². The van der Waals surface area contributed by atoms with Crippen LogP contribution < -0.4 is 5.32 Å². The number of hydrogen-bond acceptors (Lipinski definition) is 5. The van der Waals surface area contributed by atoms with E-state index in [0.29, 0.717) is 31.7 Å². The summed E-state index contributed by atoms with van der Waals surface area (Å²) in [5.41, 5.74) is 2.17. The first kappa shape index (κ1) is 31.9. The molecule has 3 rings (SSSR count). The van der Waals surface area contributed by atoms with E-state index >= 15 is 0 Å². The molecular weight excluding hydrogens is 545 g/mol. The van der Waals surface area contributed by atoms with Gasteiger partial charge in [0.2, 0.25) is 21.8 Å². The van der Waals surface area contributed by atoms with E-state index in [0.717, 1.165) is 21.7 Å². The van der Waals surface area contributed by atoms with Crippen molar-refractivity contribution in [2.24, 2.45) is 0 Å². The van der Waals surface area contributed by atoms with Crippen LogP contribution in [-0.2, 0) is 43.9 Å². The first-order valence-corrected chi connectivity index (χ1v) is 15.4. The Morgan fingerprint density at radius 2 is 1.46 bits per heavy atom. The van der Waals surface area contributed by atoms with Crippen molar-refractivity contribution in [1.29, 1.82) is 0 Å². The number of sulfonamides is 1. The molecule has 0 radical (unpaired) electrons. The van der Waals surface area contributed by atoms with E-state index in [-0.39, 0.29) is 25.4 Å². The average molecular weight is 584 g/mol. The van der Waals surface area contributed by atoms with Crippen LogP contribution in [-0.4, -0.2) is 68.0 Å². The molecule has 2 amide bonds. The largest absolute Gasteiger partial charge is 0.382 e. The minimum atomic E-state index is -3.78. The normalized spacial score (nSPS) is 12.2. The maximum absolute atomic E-state index is 14.0. The van der Waals surface area contributed by atoms with E-state index < -0.39 is 34.3 Å². The van der Waals surface area contributed by atoms with Crippen LogP contribution in [0.4, 0.5) is 4.39 Å². The van der Waals surface area contributed by atoms with Gasteiger partial charge in [-0.05, 0) is 42.2 Å². The van der Waals surface area contributed by atoms with Gasteiger partial charge in [-0.1, -0.05) is 72.8 Å². The molecule has 0 unspecified atom stereocenters. The summed E-state index contributed by atoms with van der Waals surface area (Å²) >= 11 is 0. The zero-order chi connectivity index (χ0) is 29.7. The topological polar surface area (TPSA) is 96.0 Å². The quantitative estimate of drug-likeness (QED) is 0.259. The highest BCUT2D eigenvalue weighted by atomic mass is 32.2. The summed E-state index contributed by atoms with van der Waals surface area (Å²) in [7, 11) is -3.78. The van der Waals surface area contributed by atoms with Gasteiger partial charge in [0.25, 0.3) is 0 Å². The number of carbonyl (C=O) groups excluding carboxylic acids is 2. The lowest BCUT2D eigenvalue weighted by Gasteiger charge is -2.33. The van der Waals surface area contributed by atoms with Crippen LogP contribution in [0.3, 0.4) is 0 Å². The van der Waals surface area contributed by atoms with E-state index in [9.17, 15) is 22.4 Å². The highest BCUT2D eigenvalue weighted by Crippen LogP contribution is 2.17. The van der Waals surface area contributed by atoms with Crippen molar-refractivity contribution < 1.29 is 27.1 Å². The molecule has 41 heavy (non-hydrogen) atoms. The maximum Gasteiger partial charge on any atom is 0.243 e. The Balaban J connectivity index is 1.94. The molecule has 1 atom stereocenters. The molecule has 8 nitrogen and oxygen atoms in total. The van der Waals surface area contributed by atoms with Crippen molar-refractivity contribution in [3.8, 4) is 0 Å². The zero-order valence-electron chi connectivity index (χ0n) is 23.5. The monoisotopic (exact) mass is 583 g/mol. The fraction of sp³-hybridized carbons (Fsp3) is 0.355. The Morgan fingerprint density at radius 3 is 2.05 bits per heavy atom. The SMILES string of the molecule is CCOCCCNC(=O)[C@H](Cc1ccccc1)N(Cc1ccc(F)cc1)C(=O)CN(Cc1ccccc1)S(C)(=O)=O. The highest BCUT2D eigenvalue weighted by molar-refractivity contribution is 7.88. The number of amides is 2. The smallest absolute Gasteiger partial charge is 0.243 e. The summed E-state index contributed by atoms with van der Waals surface area (Å²) in [6, 6.07) is 23.0. The van der Waals surface area contributed by atoms with E-state index in [1.165, 1.54) is 17.0 Å². The van der Waals surface area contributed by atoms with Crippen molar-refractivity contribution in [3.05, 3.63) is 107 Å². The number of carbonyl (C=O) groups is 2. The molecule has 220 valence electrons. The van der Waals surface area contributed by atoms with Crippen LogP contribution in [0.5, 0.6) is 0 Å². The molecule has 0 saturated heterocycles. The number of nitrogens with one attached hydrogen (secondary N) is 1. The lowest BCUT2D eigenvalue weighted by molar-refractivity contribution is -0.141. The Bertz CT molecular complexity index is 1340. The summed E-state index contributed by atoms with van der Waals surface area (Å²) in [6.07, 6.45) is 1.87. The standard InChI is InChI=1S/C31H38FN3O5S/c1-3-40-20-10-19-33-31(37)29(21-25-11-6-4-7-12-25)35(23-27-15-17-28(32)18-16-27)30(36)24-34(41(2,38)39)22-26-13-8-5-9-14-26/h4-9,11-18,29H,3,10,19-24H2,1-2H3,(H,33,37)/t29-/m0/s1. The molecule has 3 aromatic carbocycles. The van der Waals surface area contributed by atoms with Gasteiger partial charge in [0.1, 0.15) is 11.9 Å². The van der Waals surface area contributed by atoms with E-state index in [4.69, 9.17) is 4.74 Å². The molecule has 0 aromatic heterocycles. The van der Waals surface area contributed by atoms with E-state index in [2.05, 4.69) is 5.32 Å². The third kappa shape index (κ3) is 10.7. The zero-order valence-corrected chi connectivity index (χ0v) is 24.4. The fourth-order valence-corrected chi connectivity index (χ4v) is 5.04. The van der Waals surface area contributed by atoms with Crippen molar-refractivity contribution in [1.82, 2.24) is 14.5 Å². The van der Waals surface area contributed by atoms with Gasteiger partial charge in [-0.25, -0.2) is 12.8 Å². The van der Waals surface area contributed by atoms with Gasteiger partial charge in [0.15, 0.2) is 0 Å². The Hall–Kier alpha value is -3.60. The lowest BCUT2D eigenvalue weighted by Crippen LogP contribution is -2.53. The molecule has 0 aliphatic carbocycles. The Kier molecular flexibility index (Phi) is 12.5. The van der Waals surface area contributed by atoms with Crippen molar-refractivity contribution >= 4 is 21.8 Å². The summed E-state index contributed by atoms with van der Waals surface area (Å²) in [5, 5.41) is 2.91. The molecule has 0 spiro atoms. The minimum absolute atomic E-state index is 0.00276. The van der Waals surface area contributed by atoms with Gasteiger partial charge in [-0.3, -0.25) is 9.59 Å².